The zero-order valence-corrected chi connectivity index (χ0v) is 8.79. The van der Waals surface area contributed by atoms with Crippen molar-refractivity contribution in [3.63, 3.8) is 0 Å². The van der Waals surface area contributed by atoms with Crippen LogP contribution in [0.5, 0.6) is 0 Å². The highest BCUT2D eigenvalue weighted by atomic mass is 16.5. The molecule has 0 radical (unpaired) electrons. The van der Waals surface area contributed by atoms with Crippen molar-refractivity contribution >= 4 is 5.97 Å². The zero-order chi connectivity index (χ0) is 10.4. The van der Waals surface area contributed by atoms with Crippen molar-refractivity contribution in [3.8, 4) is 0 Å². The number of piperidine rings is 1. The predicted octanol–water partition coefficient (Wildman–Crippen LogP) is 1.35. The van der Waals surface area contributed by atoms with Crippen molar-refractivity contribution in [2.24, 2.45) is 11.8 Å². The van der Waals surface area contributed by atoms with Gasteiger partial charge >= 0.3 is 5.97 Å². The minimum absolute atomic E-state index is 0.0775. The molecule has 0 bridgehead atoms. The molecule has 2 atom stereocenters. The molecule has 0 aromatic carbocycles. The molecule has 14 heavy (non-hydrogen) atoms. The number of esters is 1. The maximum absolute atomic E-state index is 11.3. The molecule has 0 spiro atoms. The molecule has 1 aliphatic rings. The highest BCUT2D eigenvalue weighted by Gasteiger charge is 2.24. The average molecular weight is 197 g/mol. The van der Waals surface area contributed by atoms with Gasteiger partial charge in [-0.25, -0.2) is 0 Å². The van der Waals surface area contributed by atoms with Crippen LogP contribution in [0.4, 0.5) is 0 Å². The molecule has 0 aromatic heterocycles. The van der Waals surface area contributed by atoms with Gasteiger partial charge in [0.15, 0.2) is 0 Å². The Labute approximate surface area is 85.5 Å². The summed E-state index contributed by atoms with van der Waals surface area (Å²) in [5.41, 5.74) is 0. The van der Waals surface area contributed by atoms with Gasteiger partial charge in [-0.15, -0.1) is 6.58 Å². The van der Waals surface area contributed by atoms with Crippen molar-refractivity contribution < 1.29 is 9.53 Å². The number of nitrogens with one attached hydrogen (secondary N) is 1. The van der Waals surface area contributed by atoms with E-state index in [1.165, 1.54) is 0 Å². The first-order chi connectivity index (χ1) is 6.77. The first kappa shape index (κ1) is 11.2. The van der Waals surface area contributed by atoms with Crippen molar-refractivity contribution in [2.45, 2.75) is 19.8 Å². The maximum atomic E-state index is 11.3. The van der Waals surface area contributed by atoms with E-state index in [1.807, 2.05) is 13.0 Å². The van der Waals surface area contributed by atoms with Gasteiger partial charge in [0.05, 0.1) is 6.61 Å². The summed E-state index contributed by atoms with van der Waals surface area (Å²) in [7, 11) is 0. The summed E-state index contributed by atoms with van der Waals surface area (Å²) < 4.78 is 4.94. The molecule has 0 aromatic rings. The van der Waals surface area contributed by atoms with E-state index in [4.69, 9.17) is 4.74 Å². The summed E-state index contributed by atoms with van der Waals surface area (Å²) in [5.74, 6) is 0.743. The van der Waals surface area contributed by atoms with E-state index in [0.29, 0.717) is 24.9 Å². The van der Waals surface area contributed by atoms with Gasteiger partial charge in [0.1, 0.15) is 0 Å². The molecule has 1 aliphatic heterocycles. The van der Waals surface area contributed by atoms with Crippen LogP contribution in [-0.4, -0.2) is 25.7 Å². The molecule has 0 aliphatic carbocycles. The Morgan fingerprint density at radius 3 is 3.14 bits per heavy atom. The molecule has 0 saturated carbocycles. The normalized spacial score (nSPS) is 26.9. The van der Waals surface area contributed by atoms with Crippen LogP contribution in [-0.2, 0) is 9.53 Å². The standard InChI is InChI=1S/C11H19NO2/c1-3-9-8-12-6-5-10(9)7-11(13)14-4-2/h3,9-10,12H,1,4-8H2,2H3/t9-,10?/m0/s1. The molecule has 1 heterocycles. The van der Waals surface area contributed by atoms with Gasteiger partial charge in [0.2, 0.25) is 0 Å². The molecular weight excluding hydrogens is 178 g/mol. The first-order valence-electron chi connectivity index (χ1n) is 5.26. The van der Waals surface area contributed by atoms with Crippen molar-refractivity contribution in [1.82, 2.24) is 5.32 Å². The number of ether oxygens (including phenoxy) is 1. The monoisotopic (exact) mass is 197 g/mol. The lowest BCUT2D eigenvalue weighted by Gasteiger charge is -2.29. The lowest BCUT2D eigenvalue weighted by molar-refractivity contribution is -0.144. The van der Waals surface area contributed by atoms with Crippen LogP contribution >= 0.6 is 0 Å². The second-order valence-electron chi connectivity index (χ2n) is 3.66. The highest BCUT2D eigenvalue weighted by Crippen LogP contribution is 2.23. The number of hydrogen-bond donors (Lipinski definition) is 1. The summed E-state index contributed by atoms with van der Waals surface area (Å²) in [6, 6.07) is 0. The SMILES string of the molecule is C=C[C@H]1CNCCC1CC(=O)OCC. The summed E-state index contributed by atoms with van der Waals surface area (Å²) in [5, 5.41) is 3.30. The second kappa shape index (κ2) is 5.81. The Hall–Kier alpha value is -0.830. The number of carbonyl (C=O) groups is 1. The van der Waals surface area contributed by atoms with Gasteiger partial charge in [-0.05, 0) is 31.7 Å². The third kappa shape index (κ3) is 3.14. The smallest absolute Gasteiger partial charge is 0.306 e. The Balaban J connectivity index is 2.39. The largest absolute Gasteiger partial charge is 0.466 e. The predicted molar refractivity (Wildman–Crippen MR) is 55.9 cm³/mol. The van der Waals surface area contributed by atoms with E-state index in [2.05, 4.69) is 11.9 Å². The average Bonchev–Trinajstić information content (AvgIpc) is 2.19. The van der Waals surface area contributed by atoms with Crippen LogP contribution in [0.1, 0.15) is 19.8 Å². The third-order valence-electron chi connectivity index (χ3n) is 2.71. The molecular formula is C11H19NO2. The van der Waals surface area contributed by atoms with Crippen LogP contribution in [0.3, 0.4) is 0 Å². The van der Waals surface area contributed by atoms with Crippen LogP contribution in [0.25, 0.3) is 0 Å². The molecule has 3 nitrogen and oxygen atoms in total. The summed E-state index contributed by atoms with van der Waals surface area (Å²) >= 11 is 0. The number of carbonyl (C=O) groups excluding carboxylic acids is 1. The minimum atomic E-state index is -0.0775. The Bertz CT molecular complexity index is 203. The van der Waals surface area contributed by atoms with Gasteiger partial charge in [0, 0.05) is 13.0 Å². The summed E-state index contributed by atoms with van der Waals surface area (Å²) in [6.07, 6.45) is 3.51. The quantitative estimate of drug-likeness (QED) is 0.546. The van der Waals surface area contributed by atoms with Crippen molar-refractivity contribution in [3.05, 3.63) is 12.7 Å². The summed E-state index contributed by atoms with van der Waals surface area (Å²) in [6.45, 7) is 8.04. The zero-order valence-electron chi connectivity index (χ0n) is 8.79. The highest BCUT2D eigenvalue weighted by molar-refractivity contribution is 5.69. The molecule has 1 saturated heterocycles. The number of rotatable bonds is 4. The van der Waals surface area contributed by atoms with Crippen LogP contribution in [0.15, 0.2) is 12.7 Å². The summed E-state index contributed by atoms with van der Waals surface area (Å²) in [4.78, 5) is 11.3. The molecule has 1 N–H and O–H groups in total. The molecule has 80 valence electrons. The van der Waals surface area contributed by atoms with Gasteiger partial charge in [0.25, 0.3) is 0 Å². The lowest BCUT2D eigenvalue weighted by Crippen LogP contribution is -2.36. The van der Waals surface area contributed by atoms with Crippen molar-refractivity contribution in [2.75, 3.05) is 19.7 Å². The maximum Gasteiger partial charge on any atom is 0.306 e. The van der Waals surface area contributed by atoms with Gasteiger partial charge in [-0.2, -0.15) is 0 Å². The first-order valence-corrected chi connectivity index (χ1v) is 5.26. The molecule has 0 amide bonds. The third-order valence-corrected chi connectivity index (χ3v) is 2.71. The molecule has 1 fully saturated rings. The fourth-order valence-corrected chi connectivity index (χ4v) is 1.90. The Morgan fingerprint density at radius 2 is 2.50 bits per heavy atom. The molecule has 1 unspecified atom stereocenters. The minimum Gasteiger partial charge on any atom is -0.466 e. The van der Waals surface area contributed by atoms with Crippen LogP contribution in [0, 0.1) is 11.8 Å². The fraction of sp³-hybridized carbons (Fsp3) is 0.727. The van der Waals surface area contributed by atoms with Gasteiger partial charge < -0.3 is 10.1 Å². The van der Waals surface area contributed by atoms with Gasteiger partial charge in [-0.3, -0.25) is 4.79 Å². The van der Waals surface area contributed by atoms with Crippen molar-refractivity contribution in [1.29, 1.82) is 0 Å². The molecule has 1 rings (SSSR count). The van der Waals surface area contributed by atoms with E-state index in [0.717, 1.165) is 19.5 Å². The lowest BCUT2D eigenvalue weighted by atomic mass is 9.84. The topological polar surface area (TPSA) is 38.3 Å². The van der Waals surface area contributed by atoms with E-state index in [-0.39, 0.29) is 5.97 Å². The van der Waals surface area contributed by atoms with Crippen LogP contribution in [0.2, 0.25) is 0 Å². The molecule has 3 heteroatoms. The second-order valence-corrected chi connectivity index (χ2v) is 3.66. The van der Waals surface area contributed by atoms with Crippen LogP contribution < -0.4 is 5.32 Å². The van der Waals surface area contributed by atoms with E-state index >= 15 is 0 Å². The number of hydrogen-bond acceptors (Lipinski definition) is 3. The van der Waals surface area contributed by atoms with E-state index < -0.39 is 0 Å². The van der Waals surface area contributed by atoms with Gasteiger partial charge in [-0.1, -0.05) is 6.08 Å². The fourth-order valence-electron chi connectivity index (χ4n) is 1.90. The Morgan fingerprint density at radius 1 is 1.71 bits per heavy atom. The van der Waals surface area contributed by atoms with E-state index in [9.17, 15) is 4.79 Å². The van der Waals surface area contributed by atoms with E-state index in [1.54, 1.807) is 0 Å². The Kier molecular flexibility index (Phi) is 4.66.